The zero-order valence-corrected chi connectivity index (χ0v) is 13.8. The topological polar surface area (TPSA) is 76.1 Å². The third-order valence-electron chi connectivity index (χ3n) is 3.82. The van der Waals surface area contributed by atoms with Crippen LogP contribution >= 0.6 is 0 Å². The molecule has 1 aliphatic heterocycles. The van der Waals surface area contributed by atoms with Gasteiger partial charge in [0.25, 0.3) is 0 Å². The number of hydrogen-bond donors (Lipinski definition) is 1. The summed E-state index contributed by atoms with van der Waals surface area (Å²) in [6.45, 7) is 0.884. The van der Waals surface area contributed by atoms with E-state index in [1.165, 1.54) is 22.5 Å². The van der Waals surface area contributed by atoms with Gasteiger partial charge in [-0.15, -0.1) is 0 Å². The number of aliphatic hydroxyl groups is 1. The molecule has 1 fully saturated rings. The van der Waals surface area contributed by atoms with Gasteiger partial charge in [-0.05, 0) is 24.5 Å². The Morgan fingerprint density at radius 2 is 2.04 bits per heavy atom. The molecule has 1 saturated heterocycles. The Balaban J connectivity index is 2.17. The van der Waals surface area contributed by atoms with E-state index in [-0.39, 0.29) is 36.6 Å². The third kappa shape index (κ3) is 4.48. The summed E-state index contributed by atoms with van der Waals surface area (Å²) in [7, 11) is -2.41. The maximum atomic E-state index is 13.9. The van der Waals surface area contributed by atoms with Crippen LogP contribution in [0.5, 0.6) is 0 Å². The highest BCUT2D eigenvalue weighted by atomic mass is 32.2. The number of rotatable bonds is 7. The number of piperidine rings is 1. The van der Waals surface area contributed by atoms with Gasteiger partial charge < -0.3 is 14.6 Å². The lowest BCUT2D eigenvalue weighted by Crippen LogP contribution is -2.48. The van der Waals surface area contributed by atoms with Crippen LogP contribution in [0.3, 0.4) is 0 Å². The van der Waals surface area contributed by atoms with E-state index >= 15 is 0 Å². The highest BCUT2D eigenvalue weighted by Gasteiger charge is 2.36. The van der Waals surface area contributed by atoms with E-state index in [0.717, 1.165) is 6.07 Å². The fourth-order valence-corrected chi connectivity index (χ4v) is 4.26. The molecule has 0 spiro atoms. The molecule has 2 atom stereocenters. The molecule has 6 nitrogen and oxygen atoms in total. The Kier molecular flexibility index (Phi) is 6.49. The minimum atomic E-state index is -3.96. The number of benzene rings is 1. The van der Waals surface area contributed by atoms with Crippen LogP contribution in [0.25, 0.3) is 0 Å². The number of ether oxygens (including phenoxy) is 2. The molecule has 0 aliphatic carbocycles. The number of sulfonamides is 1. The minimum absolute atomic E-state index is 0.136. The number of aliphatic hydroxyl groups excluding tert-OH is 1. The standard InChI is InChI=1S/C15H22FNO5S/c1-21-6-7-22-13-8-12(11-18)9-17(10-13)23(19,20)15-5-3-2-4-14(15)16/h2-5,12-13,18H,6-11H2,1H3/t12-,13-/m1/s1. The molecule has 0 bridgehead atoms. The van der Waals surface area contributed by atoms with E-state index in [2.05, 4.69) is 0 Å². The van der Waals surface area contributed by atoms with Gasteiger partial charge in [0.05, 0.1) is 19.3 Å². The quantitative estimate of drug-likeness (QED) is 0.741. The Hall–Kier alpha value is -1.06. The van der Waals surface area contributed by atoms with Crippen LogP contribution in [0.2, 0.25) is 0 Å². The first-order valence-corrected chi connectivity index (χ1v) is 8.89. The average molecular weight is 347 g/mol. The summed E-state index contributed by atoms with van der Waals surface area (Å²) in [5.41, 5.74) is 0. The lowest BCUT2D eigenvalue weighted by atomic mass is 9.98. The van der Waals surface area contributed by atoms with E-state index in [1.54, 1.807) is 7.11 Å². The van der Waals surface area contributed by atoms with Crippen molar-refractivity contribution < 1.29 is 27.4 Å². The van der Waals surface area contributed by atoms with Gasteiger partial charge in [-0.2, -0.15) is 4.31 Å². The zero-order chi connectivity index (χ0) is 16.9. The monoisotopic (exact) mass is 347 g/mol. The van der Waals surface area contributed by atoms with Crippen molar-refractivity contribution in [3.63, 3.8) is 0 Å². The lowest BCUT2D eigenvalue weighted by Gasteiger charge is -2.36. The Labute approximate surface area is 135 Å². The predicted octanol–water partition coefficient (Wildman–Crippen LogP) is 0.860. The van der Waals surface area contributed by atoms with Crippen LogP contribution in [-0.4, -0.2) is 64.0 Å². The molecule has 0 aromatic heterocycles. The Morgan fingerprint density at radius 3 is 2.70 bits per heavy atom. The smallest absolute Gasteiger partial charge is 0.246 e. The summed E-state index contributed by atoms with van der Waals surface area (Å²) >= 11 is 0. The zero-order valence-electron chi connectivity index (χ0n) is 13.0. The summed E-state index contributed by atoms with van der Waals surface area (Å²) in [5.74, 6) is -1.02. The van der Waals surface area contributed by atoms with Crippen molar-refractivity contribution in [1.82, 2.24) is 4.31 Å². The van der Waals surface area contributed by atoms with Crippen molar-refractivity contribution in [2.24, 2.45) is 5.92 Å². The van der Waals surface area contributed by atoms with Gasteiger partial charge in [-0.25, -0.2) is 12.8 Å². The minimum Gasteiger partial charge on any atom is -0.396 e. The van der Waals surface area contributed by atoms with Crippen LogP contribution in [-0.2, 0) is 19.5 Å². The molecule has 2 rings (SSSR count). The molecule has 0 saturated carbocycles. The fourth-order valence-electron chi connectivity index (χ4n) is 2.65. The van der Waals surface area contributed by atoms with Crippen molar-refractivity contribution in [2.75, 3.05) is 40.0 Å². The second-order valence-corrected chi connectivity index (χ2v) is 7.43. The van der Waals surface area contributed by atoms with Crippen molar-refractivity contribution in [2.45, 2.75) is 17.4 Å². The normalized spacial score (nSPS) is 23.1. The molecular formula is C15H22FNO5S. The van der Waals surface area contributed by atoms with Crippen molar-refractivity contribution >= 4 is 10.0 Å². The van der Waals surface area contributed by atoms with E-state index in [4.69, 9.17) is 9.47 Å². The van der Waals surface area contributed by atoms with Gasteiger partial charge in [0, 0.05) is 26.8 Å². The van der Waals surface area contributed by atoms with Crippen molar-refractivity contribution in [1.29, 1.82) is 0 Å². The van der Waals surface area contributed by atoms with Gasteiger partial charge in [0.1, 0.15) is 10.7 Å². The molecule has 8 heteroatoms. The summed E-state index contributed by atoms with van der Waals surface area (Å²) < 4.78 is 50.9. The van der Waals surface area contributed by atoms with Crippen LogP contribution < -0.4 is 0 Å². The maximum Gasteiger partial charge on any atom is 0.246 e. The average Bonchev–Trinajstić information content (AvgIpc) is 2.55. The summed E-state index contributed by atoms with van der Waals surface area (Å²) in [6, 6.07) is 5.29. The molecule has 1 aromatic carbocycles. The number of hydrogen-bond acceptors (Lipinski definition) is 5. The Bertz CT molecular complexity index is 610. The number of halogens is 1. The number of nitrogens with zero attached hydrogens (tertiary/aromatic N) is 1. The lowest BCUT2D eigenvalue weighted by molar-refractivity contribution is -0.0265. The first-order valence-electron chi connectivity index (χ1n) is 7.45. The van der Waals surface area contributed by atoms with E-state index < -0.39 is 15.8 Å². The molecule has 23 heavy (non-hydrogen) atoms. The Morgan fingerprint density at radius 1 is 1.30 bits per heavy atom. The van der Waals surface area contributed by atoms with Crippen molar-refractivity contribution in [3.8, 4) is 0 Å². The molecule has 1 N–H and O–H groups in total. The second kappa shape index (κ2) is 8.16. The van der Waals surface area contributed by atoms with Crippen LogP contribution in [0, 0.1) is 11.7 Å². The summed E-state index contributed by atoms with van der Waals surface area (Å²) in [6.07, 6.45) is 0.210. The molecule has 1 aliphatic rings. The van der Waals surface area contributed by atoms with Gasteiger partial charge in [0.2, 0.25) is 10.0 Å². The third-order valence-corrected chi connectivity index (χ3v) is 5.68. The first-order chi connectivity index (χ1) is 11.0. The highest BCUT2D eigenvalue weighted by molar-refractivity contribution is 7.89. The SMILES string of the molecule is COCCO[C@@H]1C[C@@H](CO)CN(S(=O)(=O)c2ccccc2F)C1. The fraction of sp³-hybridized carbons (Fsp3) is 0.600. The molecule has 0 unspecified atom stereocenters. The van der Waals surface area contributed by atoms with Crippen LogP contribution in [0.4, 0.5) is 4.39 Å². The molecule has 0 radical (unpaired) electrons. The van der Waals surface area contributed by atoms with Crippen LogP contribution in [0.1, 0.15) is 6.42 Å². The summed E-state index contributed by atoms with van der Waals surface area (Å²) in [4.78, 5) is -0.353. The van der Waals surface area contributed by atoms with E-state index in [1.807, 2.05) is 0 Å². The maximum absolute atomic E-state index is 13.9. The molecule has 1 heterocycles. The molecule has 1 aromatic rings. The van der Waals surface area contributed by atoms with Gasteiger partial charge in [-0.3, -0.25) is 0 Å². The van der Waals surface area contributed by atoms with E-state index in [9.17, 15) is 17.9 Å². The van der Waals surface area contributed by atoms with E-state index in [0.29, 0.717) is 19.6 Å². The van der Waals surface area contributed by atoms with Crippen molar-refractivity contribution in [3.05, 3.63) is 30.1 Å². The molecule has 0 amide bonds. The number of methoxy groups -OCH3 is 1. The highest BCUT2D eigenvalue weighted by Crippen LogP contribution is 2.26. The largest absolute Gasteiger partial charge is 0.396 e. The summed E-state index contributed by atoms with van der Waals surface area (Å²) in [5, 5.41) is 9.41. The van der Waals surface area contributed by atoms with Gasteiger partial charge in [-0.1, -0.05) is 12.1 Å². The van der Waals surface area contributed by atoms with Gasteiger partial charge in [0.15, 0.2) is 0 Å². The van der Waals surface area contributed by atoms with Gasteiger partial charge >= 0.3 is 0 Å². The second-order valence-electron chi connectivity index (χ2n) is 5.52. The predicted molar refractivity (Wildman–Crippen MR) is 82.0 cm³/mol. The first kappa shape index (κ1) is 18.3. The molecular weight excluding hydrogens is 325 g/mol. The van der Waals surface area contributed by atoms with Crippen LogP contribution in [0.15, 0.2) is 29.2 Å². The molecule has 130 valence electrons.